The summed E-state index contributed by atoms with van der Waals surface area (Å²) < 4.78 is 5.24. The monoisotopic (exact) mass is 400 g/mol. The number of hydrogen-bond donors (Lipinski definition) is 0. The standard InChI is InChI=1S/C25H24N2O3/c1-17-8-7-11-22(18(17)2)26-16-23(28)27(20-12-14-21(30-3)15-13-20)24(25(26)29)19-9-5-4-6-10-19/h4-15,24H,16H2,1-3H3. The van der Waals surface area contributed by atoms with Crippen LogP contribution in [0.15, 0.2) is 72.8 Å². The van der Waals surface area contributed by atoms with Crippen molar-refractivity contribution in [1.29, 1.82) is 0 Å². The van der Waals surface area contributed by atoms with E-state index in [0.29, 0.717) is 11.4 Å². The van der Waals surface area contributed by atoms with Crippen LogP contribution >= 0.6 is 0 Å². The molecule has 0 saturated carbocycles. The van der Waals surface area contributed by atoms with Crippen LogP contribution in [0.1, 0.15) is 22.7 Å². The van der Waals surface area contributed by atoms with Crippen LogP contribution in [0.25, 0.3) is 0 Å². The number of methoxy groups -OCH3 is 1. The minimum atomic E-state index is -0.735. The van der Waals surface area contributed by atoms with Crippen LogP contribution < -0.4 is 14.5 Å². The predicted molar refractivity (Wildman–Crippen MR) is 118 cm³/mol. The number of benzene rings is 3. The molecule has 4 rings (SSSR count). The number of aryl methyl sites for hydroxylation is 1. The van der Waals surface area contributed by atoms with Gasteiger partial charge >= 0.3 is 0 Å². The lowest BCUT2D eigenvalue weighted by molar-refractivity contribution is -0.128. The maximum atomic E-state index is 13.7. The zero-order valence-corrected chi connectivity index (χ0v) is 17.3. The van der Waals surface area contributed by atoms with E-state index in [1.807, 2.05) is 74.5 Å². The molecule has 152 valence electrons. The summed E-state index contributed by atoms with van der Waals surface area (Å²) in [4.78, 5) is 30.3. The van der Waals surface area contributed by atoms with E-state index < -0.39 is 6.04 Å². The molecule has 0 radical (unpaired) electrons. The van der Waals surface area contributed by atoms with Crippen molar-refractivity contribution in [1.82, 2.24) is 0 Å². The second kappa shape index (κ2) is 8.03. The molecule has 0 N–H and O–H groups in total. The summed E-state index contributed by atoms with van der Waals surface area (Å²) in [6.45, 7) is 3.99. The van der Waals surface area contributed by atoms with Crippen molar-refractivity contribution >= 4 is 23.2 Å². The summed E-state index contributed by atoms with van der Waals surface area (Å²) in [6, 6.07) is 21.8. The molecule has 1 unspecified atom stereocenters. The van der Waals surface area contributed by atoms with Crippen LogP contribution in [0.4, 0.5) is 11.4 Å². The Balaban J connectivity index is 1.81. The lowest BCUT2D eigenvalue weighted by Crippen LogP contribution is -2.56. The Morgan fingerprint density at radius 1 is 0.867 bits per heavy atom. The van der Waals surface area contributed by atoms with Crippen molar-refractivity contribution in [3.8, 4) is 5.75 Å². The number of piperazine rings is 1. The van der Waals surface area contributed by atoms with Gasteiger partial charge in [0.2, 0.25) is 5.91 Å². The number of hydrogen-bond acceptors (Lipinski definition) is 3. The Bertz CT molecular complexity index is 1080. The zero-order chi connectivity index (χ0) is 21.3. The number of carbonyl (C=O) groups excluding carboxylic acids is 2. The smallest absolute Gasteiger partial charge is 0.255 e. The van der Waals surface area contributed by atoms with Gasteiger partial charge in [0.15, 0.2) is 0 Å². The lowest BCUT2D eigenvalue weighted by atomic mass is 9.98. The van der Waals surface area contributed by atoms with E-state index in [9.17, 15) is 9.59 Å². The number of anilines is 2. The van der Waals surface area contributed by atoms with Crippen LogP contribution in [0, 0.1) is 13.8 Å². The Hall–Kier alpha value is -3.60. The average Bonchev–Trinajstić information content (AvgIpc) is 2.77. The van der Waals surface area contributed by atoms with E-state index in [2.05, 4.69) is 0 Å². The quantitative estimate of drug-likeness (QED) is 0.651. The average molecular weight is 400 g/mol. The summed E-state index contributed by atoms with van der Waals surface area (Å²) in [7, 11) is 1.60. The van der Waals surface area contributed by atoms with Gasteiger partial charge in [0.05, 0.1) is 7.11 Å². The van der Waals surface area contributed by atoms with E-state index in [0.717, 1.165) is 22.4 Å². The molecule has 0 bridgehead atoms. The first kappa shape index (κ1) is 19.7. The summed E-state index contributed by atoms with van der Waals surface area (Å²) >= 11 is 0. The minimum absolute atomic E-state index is 0.00150. The van der Waals surface area contributed by atoms with Crippen LogP contribution in [-0.4, -0.2) is 25.5 Å². The molecule has 0 aliphatic carbocycles. The summed E-state index contributed by atoms with van der Waals surface area (Å²) in [5.74, 6) is 0.447. The van der Waals surface area contributed by atoms with Gasteiger partial charge in [0.1, 0.15) is 18.3 Å². The van der Waals surface area contributed by atoms with Crippen molar-refractivity contribution in [3.05, 3.63) is 89.5 Å². The fourth-order valence-corrected chi connectivity index (χ4v) is 3.89. The van der Waals surface area contributed by atoms with Crippen molar-refractivity contribution < 1.29 is 14.3 Å². The molecular formula is C25H24N2O3. The van der Waals surface area contributed by atoms with Gasteiger partial charge in [-0.15, -0.1) is 0 Å². The Morgan fingerprint density at radius 2 is 1.57 bits per heavy atom. The molecule has 1 heterocycles. The number of amides is 2. The van der Waals surface area contributed by atoms with E-state index >= 15 is 0 Å². The molecule has 1 fully saturated rings. The molecule has 5 nitrogen and oxygen atoms in total. The Morgan fingerprint density at radius 3 is 2.23 bits per heavy atom. The summed E-state index contributed by atoms with van der Waals surface area (Å²) in [6.07, 6.45) is 0. The number of carbonyl (C=O) groups is 2. The van der Waals surface area contributed by atoms with Crippen LogP contribution in [0.3, 0.4) is 0 Å². The number of ether oxygens (including phenoxy) is 1. The molecule has 1 aliphatic heterocycles. The highest BCUT2D eigenvalue weighted by Gasteiger charge is 2.42. The maximum absolute atomic E-state index is 13.7. The molecular weight excluding hydrogens is 376 g/mol. The topological polar surface area (TPSA) is 49.9 Å². The predicted octanol–water partition coefficient (Wildman–Crippen LogP) is 4.43. The van der Waals surface area contributed by atoms with E-state index in [1.54, 1.807) is 29.0 Å². The lowest BCUT2D eigenvalue weighted by Gasteiger charge is -2.41. The third-order valence-electron chi connectivity index (χ3n) is 5.65. The van der Waals surface area contributed by atoms with Gasteiger partial charge in [-0.1, -0.05) is 42.5 Å². The van der Waals surface area contributed by atoms with E-state index in [4.69, 9.17) is 4.74 Å². The second-order valence-electron chi connectivity index (χ2n) is 7.42. The molecule has 1 saturated heterocycles. The SMILES string of the molecule is COc1ccc(N2C(=O)CN(c3cccc(C)c3C)C(=O)C2c2ccccc2)cc1. The van der Waals surface area contributed by atoms with Crippen LogP contribution in [-0.2, 0) is 9.59 Å². The molecule has 2 amide bonds. The maximum Gasteiger partial charge on any atom is 0.255 e. The van der Waals surface area contributed by atoms with Gasteiger partial charge in [0.25, 0.3) is 5.91 Å². The minimum Gasteiger partial charge on any atom is -0.497 e. The molecule has 0 spiro atoms. The van der Waals surface area contributed by atoms with Crippen molar-refractivity contribution in [2.75, 3.05) is 23.5 Å². The highest BCUT2D eigenvalue weighted by Crippen LogP contribution is 2.36. The molecule has 1 aliphatic rings. The van der Waals surface area contributed by atoms with E-state index in [-0.39, 0.29) is 18.4 Å². The summed E-state index contributed by atoms with van der Waals surface area (Å²) in [5, 5.41) is 0. The highest BCUT2D eigenvalue weighted by molar-refractivity contribution is 6.14. The largest absolute Gasteiger partial charge is 0.497 e. The first-order valence-corrected chi connectivity index (χ1v) is 9.90. The van der Waals surface area contributed by atoms with Crippen molar-refractivity contribution in [2.45, 2.75) is 19.9 Å². The van der Waals surface area contributed by atoms with Crippen molar-refractivity contribution in [2.24, 2.45) is 0 Å². The fraction of sp³-hybridized carbons (Fsp3) is 0.200. The number of nitrogens with zero attached hydrogens (tertiary/aromatic N) is 2. The van der Waals surface area contributed by atoms with Crippen molar-refractivity contribution in [3.63, 3.8) is 0 Å². The summed E-state index contributed by atoms with van der Waals surface area (Å²) in [5.41, 5.74) is 4.32. The first-order valence-electron chi connectivity index (χ1n) is 9.90. The third kappa shape index (κ3) is 3.43. The van der Waals surface area contributed by atoms with Gasteiger partial charge in [-0.3, -0.25) is 14.5 Å². The van der Waals surface area contributed by atoms with Crippen LogP contribution in [0.5, 0.6) is 5.75 Å². The third-order valence-corrected chi connectivity index (χ3v) is 5.65. The number of rotatable bonds is 4. The molecule has 3 aromatic rings. The fourth-order valence-electron chi connectivity index (χ4n) is 3.89. The molecule has 0 aromatic heterocycles. The second-order valence-corrected chi connectivity index (χ2v) is 7.42. The Kier molecular flexibility index (Phi) is 5.27. The molecule has 1 atom stereocenters. The van der Waals surface area contributed by atoms with Gasteiger partial charge < -0.3 is 9.64 Å². The molecule has 3 aromatic carbocycles. The molecule has 5 heteroatoms. The zero-order valence-electron chi connectivity index (χ0n) is 17.3. The highest BCUT2D eigenvalue weighted by atomic mass is 16.5. The van der Waals surface area contributed by atoms with Gasteiger partial charge in [0, 0.05) is 11.4 Å². The van der Waals surface area contributed by atoms with Gasteiger partial charge in [-0.2, -0.15) is 0 Å². The van der Waals surface area contributed by atoms with Gasteiger partial charge in [-0.05, 0) is 60.9 Å². The first-order chi connectivity index (χ1) is 14.5. The normalized spacial score (nSPS) is 16.7. The van der Waals surface area contributed by atoms with Gasteiger partial charge in [-0.25, -0.2) is 0 Å². The Labute approximate surface area is 176 Å². The van der Waals surface area contributed by atoms with E-state index in [1.165, 1.54) is 0 Å². The van der Waals surface area contributed by atoms with Crippen LogP contribution in [0.2, 0.25) is 0 Å². The molecule has 30 heavy (non-hydrogen) atoms.